The van der Waals surface area contributed by atoms with Gasteiger partial charge >= 0.3 is 0 Å². The molecule has 13 heavy (non-hydrogen) atoms. The van der Waals surface area contributed by atoms with E-state index in [1.54, 1.807) is 0 Å². The SMILES string of the molecule is CC1(C)CC1C(=O)c1ccc(Br)s1. The fourth-order valence-corrected chi connectivity index (χ4v) is 2.91. The van der Waals surface area contributed by atoms with Crippen LogP contribution in [0.2, 0.25) is 0 Å². The van der Waals surface area contributed by atoms with Gasteiger partial charge in [-0.2, -0.15) is 0 Å². The molecule has 0 amide bonds. The summed E-state index contributed by atoms with van der Waals surface area (Å²) in [5.74, 6) is 0.582. The minimum Gasteiger partial charge on any atom is -0.293 e. The van der Waals surface area contributed by atoms with E-state index in [9.17, 15) is 4.79 Å². The third-order valence-corrected chi connectivity index (χ3v) is 4.28. The average Bonchev–Trinajstić information content (AvgIpc) is 2.47. The lowest BCUT2D eigenvalue weighted by molar-refractivity contribution is 0.0957. The summed E-state index contributed by atoms with van der Waals surface area (Å²) in [7, 11) is 0. The van der Waals surface area contributed by atoms with Crippen LogP contribution in [0, 0.1) is 11.3 Å². The van der Waals surface area contributed by atoms with E-state index in [4.69, 9.17) is 0 Å². The molecule has 1 saturated carbocycles. The maximum atomic E-state index is 11.8. The quantitative estimate of drug-likeness (QED) is 0.739. The highest BCUT2D eigenvalue weighted by molar-refractivity contribution is 9.11. The fraction of sp³-hybridized carbons (Fsp3) is 0.500. The second-order valence-electron chi connectivity index (χ2n) is 4.21. The molecule has 0 aromatic carbocycles. The van der Waals surface area contributed by atoms with Crippen LogP contribution in [0.5, 0.6) is 0 Å². The number of Topliss-reactive ketones (excluding diaryl/α,β-unsaturated/α-hetero) is 1. The molecular weight excluding hydrogens is 248 g/mol. The first-order valence-electron chi connectivity index (χ1n) is 4.30. The molecule has 0 N–H and O–H groups in total. The highest BCUT2D eigenvalue weighted by Crippen LogP contribution is 2.53. The van der Waals surface area contributed by atoms with Gasteiger partial charge in [0.2, 0.25) is 0 Å². The molecule has 1 fully saturated rings. The molecule has 1 nitrogen and oxygen atoms in total. The molecule has 0 spiro atoms. The van der Waals surface area contributed by atoms with Gasteiger partial charge in [-0.3, -0.25) is 4.79 Å². The van der Waals surface area contributed by atoms with Crippen LogP contribution in [0.15, 0.2) is 15.9 Å². The third kappa shape index (κ3) is 1.72. The van der Waals surface area contributed by atoms with Crippen molar-refractivity contribution in [1.29, 1.82) is 0 Å². The first kappa shape index (κ1) is 9.41. The minimum absolute atomic E-state index is 0.244. The highest BCUT2D eigenvalue weighted by atomic mass is 79.9. The van der Waals surface area contributed by atoms with E-state index in [2.05, 4.69) is 29.8 Å². The molecule has 2 rings (SSSR count). The zero-order valence-electron chi connectivity index (χ0n) is 7.63. The van der Waals surface area contributed by atoms with Crippen LogP contribution in [0.3, 0.4) is 0 Å². The van der Waals surface area contributed by atoms with Crippen molar-refractivity contribution >= 4 is 33.0 Å². The lowest BCUT2D eigenvalue weighted by atomic mass is 10.1. The topological polar surface area (TPSA) is 17.1 Å². The van der Waals surface area contributed by atoms with Crippen molar-refractivity contribution in [1.82, 2.24) is 0 Å². The van der Waals surface area contributed by atoms with Crippen LogP contribution in [-0.4, -0.2) is 5.78 Å². The average molecular weight is 259 g/mol. The van der Waals surface area contributed by atoms with Gasteiger partial charge in [0, 0.05) is 5.92 Å². The second kappa shape index (κ2) is 2.92. The maximum Gasteiger partial charge on any atom is 0.176 e. The number of carbonyl (C=O) groups is 1. The molecule has 0 radical (unpaired) electrons. The van der Waals surface area contributed by atoms with Crippen LogP contribution in [0.25, 0.3) is 0 Å². The Hall–Kier alpha value is -0.150. The largest absolute Gasteiger partial charge is 0.293 e. The first-order valence-corrected chi connectivity index (χ1v) is 5.91. The number of thiophene rings is 1. The Labute approximate surface area is 90.3 Å². The minimum atomic E-state index is 0.244. The molecule has 1 aromatic heterocycles. The van der Waals surface area contributed by atoms with Gasteiger partial charge in [0.1, 0.15) is 0 Å². The number of halogens is 1. The highest BCUT2D eigenvalue weighted by Gasteiger charge is 2.50. The zero-order valence-corrected chi connectivity index (χ0v) is 10.0. The molecule has 70 valence electrons. The van der Waals surface area contributed by atoms with Crippen LogP contribution in [0.1, 0.15) is 29.9 Å². The summed E-state index contributed by atoms with van der Waals surface area (Å²) in [6.45, 7) is 4.30. The molecule has 1 unspecified atom stereocenters. The zero-order chi connectivity index (χ0) is 9.64. The number of carbonyl (C=O) groups excluding carboxylic acids is 1. The van der Waals surface area contributed by atoms with Crippen molar-refractivity contribution in [2.24, 2.45) is 11.3 Å². The summed E-state index contributed by atoms with van der Waals surface area (Å²) >= 11 is 4.90. The van der Waals surface area contributed by atoms with Crippen molar-refractivity contribution in [3.8, 4) is 0 Å². The standard InChI is InChI=1S/C10H11BrOS/c1-10(2)5-6(10)9(12)7-3-4-8(11)13-7/h3-4,6H,5H2,1-2H3. The smallest absolute Gasteiger partial charge is 0.176 e. The molecule has 1 heterocycles. The lowest BCUT2D eigenvalue weighted by Crippen LogP contribution is -2.03. The Bertz CT molecular complexity index is 354. The van der Waals surface area contributed by atoms with Gasteiger partial charge in [-0.15, -0.1) is 11.3 Å². The van der Waals surface area contributed by atoms with Gasteiger partial charge in [-0.05, 0) is 39.9 Å². The van der Waals surface area contributed by atoms with E-state index in [0.717, 1.165) is 15.1 Å². The van der Waals surface area contributed by atoms with E-state index in [1.807, 2.05) is 12.1 Å². The van der Waals surface area contributed by atoms with Crippen molar-refractivity contribution in [2.75, 3.05) is 0 Å². The van der Waals surface area contributed by atoms with E-state index in [1.165, 1.54) is 11.3 Å². The number of ketones is 1. The second-order valence-corrected chi connectivity index (χ2v) is 6.68. The van der Waals surface area contributed by atoms with E-state index in [0.29, 0.717) is 5.78 Å². The van der Waals surface area contributed by atoms with Crippen LogP contribution < -0.4 is 0 Å². The Kier molecular flexibility index (Phi) is 2.11. The molecule has 1 atom stereocenters. The van der Waals surface area contributed by atoms with Crippen molar-refractivity contribution in [3.05, 3.63) is 20.8 Å². The summed E-state index contributed by atoms with van der Waals surface area (Å²) in [5, 5.41) is 0. The Morgan fingerprint density at radius 1 is 1.62 bits per heavy atom. The Morgan fingerprint density at radius 2 is 2.23 bits per heavy atom. The van der Waals surface area contributed by atoms with Crippen LogP contribution in [-0.2, 0) is 0 Å². The van der Waals surface area contributed by atoms with E-state index < -0.39 is 0 Å². The number of hydrogen-bond donors (Lipinski definition) is 0. The van der Waals surface area contributed by atoms with Crippen LogP contribution >= 0.6 is 27.3 Å². The van der Waals surface area contributed by atoms with E-state index >= 15 is 0 Å². The first-order chi connectivity index (χ1) is 6.00. The molecule has 0 aliphatic heterocycles. The van der Waals surface area contributed by atoms with Gasteiger partial charge in [0.05, 0.1) is 8.66 Å². The van der Waals surface area contributed by atoms with Crippen LogP contribution in [0.4, 0.5) is 0 Å². The summed E-state index contributed by atoms with van der Waals surface area (Å²) in [6, 6.07) is 3.85. The molecular formula is C10H11BrOS. The summed E-state index contributed by atoms with van der Waals surface area (Å²) < 4.78 is 1.04. The van der Waals surface area contributed by atoms with Gasteiger partial charge in [-0.1, -0.05) is 13.8 Å². The summed E-state index contributed by atoms with van der Waals surface area (Å²) in [6.07, 6.45) is 1.04. The molecule has 1 aliphatic rings. The summed E-state index contributed by atoms with van der Waals surface area (Å²) in [5.41, 5.74) is 0.244. The third-order valence-electron chi connectivity index (χ3n) is 2.65. The predicted molar refractivity (Wildman–Crippen MR) is 58.2 cm³/mol. The van der Waals surface area contributed by atoms with Gasteiger partial charge in [-0.25, -0.2) is 0 Å². The molecule has 3 heteroatoms. The molecule has 0 saturated heterocycles. The Morgan fingerprint density at radius 3 is 2.62 bits per heavy atom. The van der Waals surface area contributed by atoms with E-state index in [-0.39, 0.29) is 11.3 Å². The molecule has 0 bridgehead atoms. The summed E-state index contributed by atoms with van der Waals surface area (Å²) in [4.78, 5) is 12.7. The normalized spacial score (nSPS) is 24.4. The van der Waals surface area contributed by atoms with Crippen molar-refractivity contribution in [2.45, 2.75) is 20.3 Å². The monoisotopic (exact) mass is 258 g/mol. The Balaban J connectivity index is 2.16. The van der Waals surface area contributed by atoms with Gasteiger partial charge in [0.25, 0.3) is 0 Å². The molecule has 1 aliphatic carbocycles. The van der Waals surface area contributed by atoms with Crippen molar-refractivity contribution in [3.63, 3.8) is 0 Å². The lowest BCUT2D eigenvalue weighted by Gasteiger charge is -1.99. The van der Waals surface area contributed by atoms with Gasteiger partial charge in [0.15, 0.2) is 5.78 Å². The van der Waals surface area contributed by atoms with Crippen molar-refractivity contribution < 1.29 is 4.79 Å². The maximum absolute atomic E-state index is 11.8. The number of hydrogen-bond acceptors (Lipinski definition) is 2. The molecule has 1 aromatic rings. The number of rotatable bonds is 2. The predicted octanol–water partition coefficient (Wildman–Crippen LogP) is 3.74. The fourth-order valence-electron chi connectivity index (χ4n) is 1.53. The van der Waals surface area contributed by atoms with Gasteiger partial charge < -0.3 is 0 Å².